The van der Waals surface area contributed by atoms with E-state index in [0.717, 1.165) is 44.9 Å². The fourth-order valence-corrected chi connectivity index (χ4v) is 5.58. The quantitative estimate of drug-likeness (QED) is 0.0311. The summed E-state index contributed by atoms with van der Waals surface area (Å²) in [5.41, 5.74) is 5.32. The van der Waals surface area contributed by atoms with Crippen LogP contribution in [0, 0.1) is 0 Å². The Morgan fingerprint density at radius 3 is 1.70 bits per heavy atom. The first kappa shape index (κ1) is 42.2. The number of unbranched alkanes of at least 4 members (excludes halogenated alkanes) is 19. The van der Waals surface area contributed by atoms with Crippen LogP contribution in [0.2, 0.25) is 0 Å². The Labute approximate surface area is 264 Å². The summed E-state index contributed by atoms with van der Waals surface area (Å²) < 4.78 is 33.0. The predicted molar refractivity (Wildman–Crippen MR) is 178 cm³/mol. The molecule has 2 atom stereocenters. The van der Waals surface area contributed by atoms with E-state index in [-0.39, 0.29) is 32.3 Å². The molecular weight excluding hydrogens is 565 g/mol. The second-order valence-electron chi connectivity index (χ2n) is 11.7. The zero-order valence-electron chi connectivity index (χ0n) is 28.0. The predicted octanol–water partition coefficient (Wildman–Crippen LogP) is 9.58. The van der Waals surface area contributed by atoms with E-state index in [2.05, 4.69) is 26.0 Å². The number of hydrogen-bond donors (Lipinski definition) is 2. The lowest BCUT2D eigenvalue weighted by Gasteiger charge is -2.20. The Morgan fingerprint density at radius 2 is 1.16 bits per heavy atom. The van der Waals surface area contributed by atoms with Crippen molar-refractivity contribution in [1.29, 1.82) is 0 Å². The van der Waals surface area contributed by atoms with E-state index < -0.39 is 13.9 Å². The van der Waals surface area contributed by atoms with E-state index in [1.165, 1.54) is 96.3 Å². The molecule has 256 valence electrons. The van der Waals surface area contributed by atoms with E-state index in [0.29, 0.717) is 13.0 Å². The Bertz CT molecular complexity index is 677. The number of nitrogens with two attached hydrogens (primary N) is 1. The molecule has 0 radical (unpaired) electrons. The normalized spacial score (nSPS) is 13.9. The maximum Gasteiger partial charge on any atom is 0.472 e. The fourth-order valence-electron chi connectivity index (χ4n) is 4.81. The van der Waals surface area contributed by atoms with Crippen LogP contribution in [0.4, 0.5) is 0 Å². The van der Waals surface area contributed by atoms with Crippen molar-refractivity contribution < 1.29 is 32.8 Å². The highest BCUT2D eigenvalue weighted by molar-refractivity contribution is 7.47. The standard InChI is InChI=1S/C34H68NO7P/c1-3-5-7-9-10-11-12-13-14-15-16-17-18-19-20-21-22-24-26-29-39-31-33(32-41-43(37,38)40-30-28-35)42-34(36)27-25-23-8-6-4-2/h14-15,33H,3-13,16-32,35H2,1-2H3,(H,37,38)/b15-14-. The molecule has 0 saturated carbocycles. The highest BCUT2D eigenvalue weighted by Gasteiger charge is 2.25. The molecule has 8 nitrogen and oxygen atoms in total. The summed E-state index contributed by atoms with van der Waals surface area (Å²) >= 11 is 0. The number of hydrogen-bond acceptors (Lipinski definition) is 7. The Balaban J connectivity index is 3.89. The molecule has 0 aromatic heterocycles. The second-order valence-corrected chi connectivity index (χ2v) is 13.2. The smallest absolute Gasteiger partial charge is 0.457 e. The monoisotopic (exact) mass is 633 g/mol. The van der Waals surface area contributed by atoms with Gasteiger partial charge in [0.1, 0.15) is 6.10 Å². The maximum atomic E-state index is 12.3. The second kappa shape index (κ2) is 32.6. The molecule has 9 heteroatoms. The topological polar surface area (TPSA) is 117 Å². The average molecular weight is 634 g/mol. The van der Waals surface area contributed by atoms with Crippen molar-refractivity contribution >= 4 is 13.8 Å². The zero-order chi connectivity index (χ0) is 31.7. The minimum atomic E-state index is -4.25. The molecule has 0 spiro atoms. The number of phosphoric acid groups is 1. The lowest BCUT2D eigenvalue weighted by Crippen LogP contribution is -2.28. The summed E-state index contributed by atoms with van der Waals surface area (Å²) in [6.07, 6.45) is 31.2. The zero-order valence-corrected chi connectivity index (χ0v) is 28.8. The van der Waals surface area contributed by atoms with Gasteiger partial charge in [-0.2, -0.15) is 0 Å². The first-order valence-corrected chi connectivity index (χ1v) is 19.2. The number of ether oxygens (including phenoxy) is 2. The van der Waals surface area contributed by atoms with Gasteiger partial charge in [0.05, 0.1) is 19.8 Å². The van der Waals surface area contributed by atoms with Crippen molar-refractivity contribution in [2.75, 3.05) is 33.0 Å². The molecule has 0 aliphatic carbocycles. The van der Waals surface area contributed by atoms with Crippen molar-refractivity contribution in [2.45, 2.75) is 168 Å². The van der Waals surface area contributed by atoms with Gasteiger partial charge in [0.25, 0.3) is 0 Å². The Morgan fingerprint density at radius 1 is 0.674 bits per heavy atom. The van der Waals surface area contributed by atoms with Gasteiger partial charge in [0.2, 0.25) is 0 Å². The molecule has 0 fully saturated rings. The summed E-state index contributed by atoms with van der Waals surface area (Å²) in [5.74, 6) is -0.344. The van der Waals surface area contributed by atoms with Crippen molar-refractivity contribution in [3.05, 3.63) is 12.2 Å². The van der Waals surface area contributed by atoms with Crippen molar-refractivity contribution in [3.8, 4) is 0 Å². The van der Waals surface area contributed by atoms with Crippen LogP contribution in [-0.4, -0.2) is 49.9 Å². The Kier molecular flexibility index (Phi) is 32.1. The first-order valence-electron chi connectivity index (χ1n) is 17.7. The SMILES string of the molecule is CCCCCCCCC/C=C\CCCCCCCCCCOCC(COP(=O)(O)OCCN)OC(=O)CCCCCCC. The van der Waals surface area contributed by atoms with Crippen LogP contribution in [0.25, 0.3) is 0 Å². The van der Waals surface area contributed by atoms with Gasteiger partial charge in [0, 0.05) is 19.6 Å². The van der Waals surface area contributed by atoms with Gasteiger partial charge >= 0.3 is 13.8 Å². The third-order valence-electron chi connectivity index (χ3n) is 7.43. The van der Waals surface area contributed by atoms with Gasteiger partial charge in [0.15, 0.2) is 0 Å². The van der Waals surface area contributed by atoms with Gasteiger partial charge in [-0.3, -0.25) is 13.8 Å². The summed E-state index contributed by atoms with van der Waals surface area (Å²) in [6.45, 7) is 4.83. The van der Waals surface area contributed by atoms with Gasteiger partial charge in [-0.15, -0.1) is 0 Å². The third kappa shape index (κ3) is 32.4. The number of phosphoric ester groups is 1. The maximum absolute atomic E-state index is 12.3. The molecule has 2 unspecified atom stereocenters. The summed E-state index contributed by atoms with van der Waals surface area (Å²) in [6, 6.07) is 0. The minimum absolute atomic E-state index is 0.0940. The molecule has 0 rings (SSSR count). The van der Waals surface area contributed by atoms with Gasteiger partial charge in [-0.05, 0) is 38.5 Å². The summed E-state index contributed by atoms with van der Waals surface area (Å²) in [4.78, 5) is 22.1. The molecule has 0 aliphatic heterocycles. The number of esters is 1. The number of allylic oxidation sites excluding steroid dienone is 2. The van der Waals surface area contributed by atoms with Crippen LogP contribution in [0.5, 0.6) is 0 Å². The highest BCUT2D eigenvalue weighted by atomic mass is 31.2. The molecule has 0 aromatic carbocycles. The summed E-state index contributed by atoms with van der Waals surface area (Å²) in [7, 11) is -4.25. The van der Waals surface area contributed by atoms with E-state index in [1.807, 2.05) is 0 Å². The van der Waals surface area contributed by atoms with Crippen molar-refractivity contribution in [2.24, 2.45) is 5.73 Å². The van der Waals surface area contributed by atoms with Crippen LogP contribution < -0.4 is 5.73 Å². The van der Waals surface area contributed by atoms with E-state index in [1.54, 1.807) is 0 Å². The molecule has 0 bridgehead atoms. The minimum Gasteiger partial charge on any atom is -0.457 e. The molecule has 0 aliphatic rings. The van der Waals surface area contributed by atoms with Crippen molar-refractivity contribution in [3.63, 3.8) is 0 Å². The summed E-state index contributed by atoms with van der Waals surface area (Å²) in [5, 5.41) is 0. The fraction of sp³-hybridized carbons (Fsp3) is 0.912. The molecule has 0 saturated heterocycles. The average Bonchev–Trinajstić information content (AvgIpc) is 2.99. The van der Waals surface area contributed by atoms with E-state index >= 15 is 0 Å². The van der Waals surface area contributed by atoms with Gasteiger partial charge in [-0.1, -0.05) is 129 Å². The lowest BCUT2D eigenvalue weighted by atomic mass is 10.1. The molecule has 43 heavy (non-hydrogen) atoms. The van der Waals surface area contributed by atoms with Gasteiger partial charge < -0.3 is 20.1 Å². The van der Waals surface area contributed by atoms with Crippen molar-refractivity contribution in [1.82, 2.24) is 0 Å². The van der Waals surface area contributed by atoms with Crippen LogP contribution in [0.3, 0.4) is 0 Å². The van der Waals surface area contributed by atoms with Crippen LogP contribution in [-0.2, 0) is 27.9 Å². The van der Waals surface area contributed by atoms with Crippen LogP contribution in [0.15, 0.2) is 12.2 Å². The van der Waals surface area contributed by atoms with E-state index in [9.17, 15) is 14.3 Å². The van der Waals surface area contributed by atoms with E-state index in [4.69, 9.17) is 24.3 Å². The number of carbonyl (C=O) groups excluding carboxylic acids is 1. The lowest BCUT2D eigenvalue weighted by molar-refractivity contribution is -0.154. The highest BCUT2D eigenvalue weighted by Crippen LogP contribution is 2.43. The van der Waals surface area contributed by atoms with Gasteiger partial charge in [-0.25, -0.2) is 4.57 Å². The van der Waals surface area contributed by atoms with Crippen LogP contribution >= 0.6 is 7.82 Å². The number of rotatable bonds is 34. The molecule has 0 aromatic rings. The molecule has 0 amide bonds. The molecular formula is C34H68NO7P. The Hall–Kier alpha value is -0.760. The number of carbonyl (C=O) groups is 1. The third-order valence-corrected chi connectivity index (χ3v) is 8.42. The molecule has 0 heterocycles. The largest absolute Gasteiger partial charge is 0.472 e. The first-order chi connectivity index (χ1) is 20.9. The van der Waals surface area contributed by atoms with Crippen LogP contribution in [0.1, 0.15) is 162 Å². The molecule has 3 N–H and O–H groups in total.